The van der Waals surface area contributed by atoms with Crippen molar-refractivity contribution >= 4 is 24.7 Å². The minimum absolute atomic E-state index is 0.405. The first-order valence-corrected chi connectivity index (χ1v) is 10.3. The van der Waals surface area contributed by atoms with Gasteiger partial charge in [0.25, 0.3) is 0 Å². The Kier molecular flexibility index (Phi) is 8.12. The largest absolute Gasteiger partial charge is 0.523 e. The molecule has 0 aromatic heterocycles. The van der Waals surface area contributed by atoms with Gasteiger partial charge >= 0.3 is 8.80 Å². The van der Waals surface area contributed by atoms with Crippen molar-refractivity contribution in [2.75, 3.05) is 19.8 Å². The Morgan fingerprint density at radius 1 is 0.905 bits per heavy atom. The third-order valence-corrected chi connectivity index (χ3v) is 9.14. The second-order valence-electron chi connectivity index (χ2n) is 4.77. The number of hydrogen-bond donors (Lipinski definition) is 0. The van der Waals surface area contributed by atoms with Crippen LogP contribution in [0.15, 0.2) is 30.3 Å². The lowest BCUT2D eigenvalue weighted by Gasteiger charge is -2.42. The minimum Gasteiger partial charge on any atom is -0.373 e. The smallest absolute Gasteiger partial charge is 0.373 e. The zero-order chi connectivity index (χ0) is 15.8. The fourth-order valence-corrected chi connectivity index (χ4v) is 7.40. The normalized spacial score (nSPS) is 14.9. The molecule has 0 aliphatic heterocycles. The Morgan fingerprint density at radius 2 is 1.38 bits per heavy atom. The van der Waals surface area contributed by atoms with Crippen LogP contribution in [0.4, 0.5) is 0 Å². The van der Waals surface area contributed by atoms with Gasteiger partial charge in [-0.3, -0.25) is 0 Å². The van der Waals surface area contributed by atoms with E-state index in [-0.39, 0.29) is 0 Å². The summed E-state index contributed by atoms with van der Waals surface area (Å²) in [4.78, 5) is 0. The molecule has 0 saturated carbocycles. The topological polar surface area (TPSA) is 27.7 Å². The predicted octanol–water partition coefficient (Wildman–Crippen LogP) is 4.66. The van der Waals surface area contributed by atoms with Gasteiger partial charge in [-0.05, 0) is 32.8 Å². The van der Waals surface area contributed by atoms with Crippen molar-refractivity contribution < 1.29 is 13.3 Å². The Labute approximate surface area is 138 Å². The van der Waals surface area contributed by atoms with Crippen LogP contribution in [0.25, 0.3) is 0 Å². The highest BCUT2D eigenvalue weighted by Crippen LogP contribution is 2.46. The SMILES string of the molecule is CCCC(Br)(c1ccccc1)[Si](OCC)(OCC)OCC. The highest BCUT2D eigenvalue weighted by atomic mass is 79.9. The molecule has 0 aliphatic rings. The standard InChI is InChI=1S/C16H27BrO3Si/c1-5-14-16(17,15-12-10-9-11-13-15)21(18-6-2,19-7-3)20-8-4/h9-13H,5-8,14H2,1-4H3. The van der Waals surface area contributed by atoms with E-state index in [1.165, 1.54) is 0 Å². The molecule has 0 fully saturated rings. The first kappa shape index (κ1) is 18.8. The lowest BCUT2D eigenvalue weighted by atomic mass is 10.1. The molecule has 0 saturated heterocycles. The molecule has 1 aromatic rings. The highest BCUT2D eigenvalue weighted by molar-refractivity contribution is 9.10. The maximum atomic E-state index is 6.13. The Hall–Kier alpha value is -0.203. The molecule has 0 amide bonds. The van der Waals surface area contributed by atoms with Crippen LogP contribution < -0.4 is 0 Å². The molecule has 1 rings (SSSR count). The number of alkyl halides is 1. The molecule has 0 bridgehead atoms. The van der Waals surface area contributed by atoms with Gasteiger partial charge in [0.2, 0.25) is 0 Å². The van der Waals surface area contributed by atoms with E-state index in [4.69, 9.17) is 13.3 Å². The summed E-state index contributed by atoms with van der Waals surface area (Å²) in [7, 11) is -2.89. The zero-order valence-corrected chi connectivity index (χ0v) is 16.1. The summed E-state index contributed by atoms with van der Waals surface area (Å²) < 4.78 is 18.0. The van der Waals surface area contributed by atoms with E-state index in [0.29, 0.717) is 19.8 Å². The number of rotatable bonds is 10. The van der Waals surface area contributed by atoms with Crippen LogP contribution in [0.3, 0.4) is 0 Å². The van der Waals surface area contributed by atoms with Crippen molar-refractivity contribution in [3.05, 3.63) is 35.9 Å². The fraction of sp³-hybridized carbons (Fsp3) is 0.625. The van der Waals surface area contributed by atoms with Crippen molar-refractivity contribution in [2.24, 2.45) is 0 Å². The molecule has 120 valence electrons. The van der Waals surface area contributed by atoms with Gasteiger partial charge in [-0.2, -0.15) is 0 Å². The first-order valence-electron chi connectivity index (χ1n) is 7.76. The molecule has 1 atom stereocenters. The van der Waals surface area contributed by atoms with Crippen molar-refractivity contribution in [1.29, 1.82) is 0 Å². The van der Waals surface area contributed by atoms with Gasteiger partial charge in [-0.15, -0.1) is 0 Å². The summed E-state index contributed by atoms with van der Waals surface area (Å²) in [5.41, 5.74) is 1.16. The maximum Gasteiger partial charge on any atom is 0.523 e. The molecule has 5 heteroatoms. The molecule has 0 spiro atoms. The first-order chi connectivity index (χ1) is 10.1. The zero-order valence-electron chi connectivity index (χ0n) is 13.5. The third kappa shape index (κ3) is 4.17. The fourth-order valence-electron chi connectivity index (χ4n) is 2.56. The van der Waals surface area contributed by atoms with Crippen LogP contribution in [0.2, 0.25) is 0 Å². The second-order valence-corrected chi connectivity index (χ2v) is 9.69. The van der Waals surface area contributed by atoms with Crippen molar-refractivity contribution in [3.8, 4) is 0 Å². The Morgan fingerprint density at radius 3 is 1.76 bits per heavy atom. The molecule has 1 aromatic carbocycles. The van der Waals surface area contributed by atoms with E-state index in [0.717, 1.165) is 18.4 Å². The van der Waals surface area contributed by atoms with E-state index in [1.54, 1.807) is 0 Å². The monoisotopic (exact) mass is 374 g/mol. The minimum atomic E-state index is -2.89. The van der Waals surface area contributed by atoms with Gasteiger partial charge in [0.15, 0.2) is 0 Å². The molecule has 0 N–H and O–H groups in total. The lowest BCUT2D eigenvalue weighted by molar-refractivity contribution is 0.0568. The molecule has 0 heterocycles. The van der Waals surface area contributed by atoms with Gasteiger partial charge in [-0.1, -0.05) is 59.6 Å². The Bertz CT molecular complexity index is 385. The summed E-state index contributed by atoms with van der Waals surface area (Å²) in [5, 5.41) is 0. The molecule has 1 unspecified atom stereocenters. The van der Waals surface area contributed by atoms with Crippen LogP contribution in [0.5, 0.6) is 0 Å². The van der Waals surface area contributed by atoms with Gasteiger partial charge in [0.05, 0.1) is 0 Å². The predicted molar refractivity (Wildman–Crippen MR) is 92.6 cm³/mol. The average molecular weight is 375 g/mol. The summed E-state index contributed by atoms with van der Waals surface area (Å²) >= 11 is 3.97. The number of hydrogen-bond acceptors (Lipinski definition) is 3. The Balaban J connectivity index is 3.35. The van der Waals surface area contributed by atoms with Gasteiger partial charge < -0.3 is 13.3 Å². The van der Waals surface area contributed by atoms with Crippen LogP contribution in [0.1, 0.15) is 46.1 Å². The van der Waals surface area contributed by atoms with Crippen LogP contribution in [-0.4, -0.2) is 28.6 Å². The van der Waals surface area contributed by atoms with E-state index in [1.807, 2.05) is 39.0 Å². The lowest BCUT2D eigenvalue weighted by Crippen LogP contribution is -2.60. The molecule has 0 radical (unpaired) electrons. The van der Waals surface area contributed by atoms with Crippen molar-refractivity contribution in [2.45, 2.75) is 44.5 Å². The summed E-state index contributed by atoms with van der Waals surface area (Å²) in [6.45, 7) is 9.88. The average Bonchev–Trinajstić information content (AvgIpc) is 2.49. The number of halogens is 1. The summed E-state index contributed by atoms with van der Waals surface area (Å²) in [6, 6.07) is 10.3. The summed E-state index contributed by atoms with van der Waals surface area (Å²) in [5.74, 6) is 0. The maximum absolute atomic E-state index is 6.13. The van der Waals surface area contributed by atoms with Gasteiger partial charge in [0, 0.05) is 19.8 Å². The molecule has 21 heavy (non-hydrogen) atoms. The summed E-state index contributed by atoms with van der Waals surface area (Å²) in [6.07, 6.45) is 1.92. The second kappa shape index (κ2) is 9.05. The van der Waals surface area contributed by atoms with E-state index >= 15 is 0 Å². The van der Waals surface area contributed by atoms with Crippen LogP contribution in [0, 0.1) is 0 Å². The van der Waals surface area contributed by atoms with Crippen LogP contribution in [-0.2, 0) is 17.2 Å². The van der Waals surface area contributed by atoms with Crippen LogP contribution >= 0.6 is 15.9 Å². The third-order valence-electron chi connectivity index (χ3n) is 3.31. The molecular formula is C16H27BrO3Si. The number of benzene rings is 1. The van der Waals surface area contributed by atoms with Gasteiger partial charge in [0.1, 0.15) is 3.95 Å². The van der Waals surface area contributed by atoms with Gasteiger partial charge in [-0.25, -0.2) is 0 Å². The highest BCUT2D eigenvalue weighted by Gasteiger charge is 2.60. The van der Waals surface area contributed by atoms with E-state index in [2.05, 4.69) is 35.0 Å². The quantitative estimate of drug-likeness (QED) is 0.440. The van der Waals surface area contributed by atoms with Crippen molar-refractivity contribution in [1.82, 2.24) is 0 Å². The molecular weight excluding hydrogens is 348 g/mol. The van der Waals surface area contributed by atoms with E-state index in [9.17, 15) is 0 Å². The van der Waals surface area contributed by atoms with Crippen molar-refractivity contribution in [3.63, 3.8) is 0 Å². The van der Waals surface area contributed by atoms with E-state index < -0.39 is 12.8 Å². The molecule has 3 nitrogen and oxygen atoms in total. The molecule has 0 aliphatic carbocycles.